The molecule has 0 amide bonds. The van der Waals surface area contributed by atoms with E-state index in [0.717, 1.165) is 13.1 Å². The molecule has 0 N–H and O–H groups in total. The van der Waals surface area contributed by atoms with E-state index in [1.54, 1.807) is 16.7 Å². The van der Waals surface area contributed by atoms with Gasteiger partial charge >= 0.3 is 0 Å². The van der Waals surface area contributed by atoms with Crippen molar-refractivity contribution < 1.29 is 8.42 Å². The molecule has 1 saturated heterocycles. The van der Waals surface area contributed by atoms with Gasteiger partial charge in [-0.25, -0.2) is 13.4 Å². The van der Waals surface area contributed by atoms with Crippen molar-refractivity contribution >= 4 is 21.4 Å². The van der Waals surface area contributed by atoms with Crippen molar-refractivity contribution in [2.45, 2.75) is 11.1 Å². The van der Waals surface area contributed by atoms with Crippen LogP contribution in [0.5, 0.6) is 0 Å². The minimum Gasteiger partial charge on any atom is -0.304 e. The maximum atomic E-state index is 12.3. The molecular formula is C9H15N3O2S2. The number of nitrogens with zero attached hydrogens (tertiary/aromatic N) is 3. The van der Waals surface area contributed by atoms with Crippen LogP contribution >= 0.6 is 11.3 Å². The molecule has 7 heteroatoms. The fourth-order valence-electron chi connectivity index (χ4n) is 1.68. The molecule has 5 nitrogen and oxygen atoms in total. The number of sulfonamides is 1. The number of aromatic nitrogens is 1. The molecule has 1 aliphatic heterocycles. The van der Waals surface area contributed by atoms with Crippen molar-refractivity contribution in [3.63, 3.8) is 0 Å². The third-order valence-corrected chi connectivity index (χ3v) is 6.19. The molecule has 0 bridgehead atoms. The molecule has 2 rings (SSSR count). The van der Waals surface area contributed by atoms with E-state index in [-0.39, 0.29) is 0 Å². The molecule has 1 aliphatic rings. The molecule has 2 heterocycles. The predicted molar refractivity (Wildman–Crippen MR) is 63.1 cm³/mol. The normalized spacial score (nSPS) is 20.1. The van der Waals surface area contributed by atoms with E-state index in [1.807, 2.05) is 7.05 Å². The lowest BCUT2D eigenvalue weighted by Crippen LogP contribution is -2.46. The topological polar surface area (TPSA) is 53.5 Å². The molecule has 90 valence electrons. The highest BCUT2D eigenvalue weighted by molar-refractivity contribution is 7.91. The molecular weight excluding hydrogens is 246 g/mol. The average molecular weight is 261 g/mol. The lowest BCUT2D eigenvalue weighted by Gasteiger charge is -2.31. The van der Waals surface area contributed by atoms with E-state index in [9.17, 15) is 8.42 Å². The molecule has 1 fully saturated rings. The van der Waals surface area contributed by atoms with Crippen LogP contribution in [0.2, 0.25) is 0 Å². The number of thiazole rings is 1. The van der Waals surface area contributed by atoms with E-state index >= 15 is 0 Å². The highest BCUT2D eigenvalue weighted by Crippen LogP contribution is 2.23. The van der Waals surface area contributed by atoms with Crippen molar-refractivity contribution in [2.24, 2.45) is 0 Å². The number of aryl methyl sites for hydroxylation is 1. The minimum absolute atomic E-state index is 0.386. The van der Waals surface area contributed by atoms with Crippen LogP contribution in [0.25, 0.3) is 0 Å². The van der Waals surface area contributed by atoms with Gasteiger partial charge in [0, 0.05) is 26.2 Å². The second kappa shape index (κ2) is 4.40. The van der Waals surface area contributed by atoms with E-state index in [4.69, 9.17) is 0 Å². The van der Waals surface area contributed by atoms with E-state index in [2.05, 4.69) is 9.88 Å². The number of rotatable bonds is 2. The van der Waals surface area contributed by atoms with Crippen LogP contribution in [0.4, 0.5) is 0 Å². The summed E-state index contributed by atoms with van der Waals surface area (Å²) >= 11 is 1.20. The molecule has 0 aromatic carbocycles. The van der Waals surface area contributed by atoms with Gasteiger partial charge < -0.3 is 4.90 Å². The van der Waals surface area contributed by atoms with Crippen molar-refractivity contribution in [3.8, 4) is 0 Å². The molecule has 0 atom stereocenters. The van der Waals surface area contributed by atoms with Crippen molar-refractivity contribution in [1.82, 2.24) is 14.2 Å². The summed E-state index contributed by atoms with van der Waals surface area (Å²) < 4.78 is 26.4. The first kappa shape index (κ1) is 12.0. The van der Waals surface area contributed by atoms with Gasteiger partial charge in [-0.1, -0.05) is 0 Å². The first-order valence-electron chi connectivity index (χ1n) is 5.10. The third-order valence-electron chi connectivity index (χ3n) is 2.74. The number of hydrogen-bond donors (Lipinski definition) is 0. The maximum absolute atomic E-state index is 12.3. The molecule has 0 saturated carbocycles. The van der Waals surface area contributed by atoms with Gasteiger partial charge in [-0.15, -0.1) is 11.3 Å². The van der Waals surface area contributed by atoms with Crippen molar-refractivity contribution in [2.75, 3.05) is 33.2 Å². The largest absolute Gasteiger partial charge is 0.304 e. The van der Waals surface area contributed by atoms with Crippen LogP contribution in [0.3, 0.4) is 0 Å². The van der Waals surface area contributed by atoms with Crippen LogP contribution < -0.4 is 0 Å². The highest BCUT2D eigenvalue weighted by atomic mass is 32.2. The van der Waals surface area contributed by atoms with E-state index in [1.165, 1.54) is 11.3 Å². The first-order valence-corrected chi connectivity index (χ1v) is 7.42. The van der Waals surface area contributed by atoms with Crippen LogP contribution in [0.1, 0.15) is 5.69 Å². The summed E-state index contributed by atoms with van der Waals surface area (Å²) in [7, 11) is -1.31. The zero-order chi connectivity index (χ0) is 11.8. The molecule has 0 spiro atoms. The monoisotopic (exact) mass is 261 g/mol. The number of hydrogen-bond acceptors (Lipinski definition) is 5. The van der Waals surface area contributed by atoms with Gasteiger partial charge in [0.15, 0.2) is 4.21 Å². The number of piperazine rings is 1. The lowest BCUT2D eigenvalue weighted by molar-refractivity contribution is 0.222. The fraction of sp³-hybridized carbons (Fsp3) is 0.667. The second-order valence-corrected chi connectivity index (χ2v) is 6.92. The van der Waals surface area contributed by atoms with Gasteiger partial charge in [0.1, 0.15) is 0 Å². The van der Waals surface area contributed by atoms with Crippen molar-refractivity contribution in [1.29, 1.82) is 0 Å². The summed E-state index contributed by atoms with van der Waals surface area (Å²) in [5, 5.41) is 0. The first-order chi connectivity index (χ1) is 7.51. The van der Waals surface area contributed by atoms with Crippen LogP contribution in [0, 0.1) is 6.92 Å². The molecule has 0 radical (unpaired) electrons. The Hall–Kier alpha value is -0.500. The second-order valence-electron chi connectivity index (χ2n) is 3.93. The molecule has 1 aromatic rings. The zero-order valence-electron chi connectivity index (χ0n) is 9.38. The van der Waals surface area contributed by atoms with E-state index < -0.39 is 10.0 Å². The quantitative estimate of drug-likeness (QED) is 0.773. The molecule has 0 unspecified atom stereocenters. The summed E-state index contributed by atoms with van der Waals surface area (Å²) in [6, 6.07) is 0. The summed E-state index contributed by atoms with van der Waals surface area (Å²) in [4.78, 5) is 6.13. The van der Waals surface area contributed by atoms with Crippen molar-refractivity contribution in [3.05, 3.63) is 11.2 Å². The Bertz CT molecular complexity index is 461. The average Bonchev–Trinajstić information content (AvgIpc) is 2.66. The molecule has 0 aliphatic carbocycles. The van der Waals surface area contributed by atoms with Crippen LogP contribution in [-0.2, 0) is 10.0 Å². The Kier molecular flexibility index (Phi) is 3.29. The van der Waals surface area contributed by atoms with Gasteiger partial charge in [0.05, 0.1) is 11.2 Å². The predicted octanol–water partition coefficient (Wildman–Crippen LogP) is 0.388. The Morgan fingerprint density at radius 1 is 1.31 bits per heavy atom. The Balaban J connectivity index is 2.23. The van der Waals surface area contributed by atoms with Gasteiger partial charge in [-0.05, 0) is 14.0 Å². The zero-order valence-corrected chi connectivity index (χ0v) is 11.0. The minimum atomic E-state index is -3.31. The standard InChI is InChI=1S/C9H15N3O2S2/c1-8-9(15-7-10-8)16(13,14)12-5-3-11(2)4-6-12/h7H,3-6H2,1-2H3. The van der Waals surface area contributed by atoms with Crippen LogP contribution in [0.15, 0.2) is 9.72 Å². The van der Waals surface area contributed by atoms with Gasteiger partial charge in [0.2, 0.25) is 0 Å². The fourth-order valence-corrected chi connectivity index (χ4v) is 4.45. The highest BCUT2D eigenvalue weighted by Gasteiger charge is 2.29. The Labute approximate surface area is 99.8 Å². The van der Waals surface area contributed by atoms with Gasteiger partial charge in [-0.2, -0.15) is 4.31 Å². The summed E-state index contributed by atoms with van der Waals surface area (Å²) in [5.41, 5.74) is 2.18. The summed E-state index contributed by atoms with van der Waals surface area (Å²) in [6.07, 6.45) is 0. The Morgan fingerprint density at radius 3 is 2.44 bits per heavy atom. The maximum Gasteiger partial charge on any atom is 0.254 e. The number of likely N-dealkylation sites (N-methyl/N-ethyl adjacent to an activating group) is 1. The van der Waals surface area contributed by atoms with Gasteiger partial charge in [0.25, 0.3) is 10.0 Å². The van der Waals surface area contributed by atoms with E-state index in [0.29, 0.717) is 23.0 Å². The molecule has 16 heavy (non-hydrogen) atoms. The summed E-state index contributed by atoms with van der Waals surface area (Å²) in [6.45, 7) is 4.44. The lowest BCUT2D eigenvalue weighted by atomic mass is 10.4. The van der Waals surface area contributed by atoms with Gasteiger partial charge in [-0.3, -0.25) is 0 Å². The SMILES string of the molecule is Cc1ncsc1S(=O)(=O)N1CCN(C)CC1. The summed E-state index contributed by atoms with van der Waals surface area (Å²) in [5.74, 6) is 0. The molecule has 1 aromatic heterocycles. The Morgan fingerprint density at radius 2 is 1.94 bits per heavy atom. The third kappa shape index (κ3) is 2.13. The van der Waals surface area contributed by atoms with Crippen LogP contribution in [-0.4, -0.2) is 55.8 Å². The smallest absolute Gasteiger partial charge is 0.254 e.